The number of aryl methyl sites for hydroxylation is 1. The molecule has 0 aliphatic carbocycles. The largest absolute Gasteiger partial charge is 0.422 e. The van der Waals surface area contributed by atoms with Crippen LogP contribution >= 0.6 is 11.6 Å². The summed E-state index contributed by atoms with van der Waals surface area (Å²) < 4.78 is 34.0. The zero-order chi connectivity index (χ0) is 29.7. The average Bonchev–Trinajstić information content (AvgIpc) is 2.98. The third-order valence-electron chi connectivity index (χ3n) is 6.32. The molecule has 0 atom stereocenters. The van der Waals surface area contributed by atoms with Gasteiger partial charge < -0.3 is 4.74 Å². The molecule has 42 heavy (non-hydrogen) atoms. The number of carbonyl (C=O) groups excluding carboxylic acids is 2. The molecule has 8 nitrogen and oxygen atoms in total. The smallest absolute Gasteiger partial charge is 0.343 e. The lowest BCUT2D eigenvalue weighted by Gasteiger charge is -2.12. The second-order valence-corrected chi connectivity index (χ2v) is 11.4. The fourth-order valence-corrected chi connectivity index (χ4v) is 5.36. The molecular formula is C32H24ClN3O5S. The van der Waals surface area contributed by atoms with Crippen molar-refractivity contribution in [2.24, 2.45) is 5.10 Å². The van der Waals surface area contributed by atoms with E-state index < -0.39 is 21.9 Å². The number of benzene rings is 5. The summed E-state index contributed by atoms with van der Waals surface area (Å²) >= 11 is 5.88. The number of hydrogen-bond donors (Lipinski definition) is 2. The molecule has 0 saturated carbocycles. The first-order chi connectivity index (χ1) is 20.2. The van der Waals surface area contributed by atoms with Crippen LogP contribution in [-0.4, -0.2) is 26.5 Å². The molecule has 5 rings (SSSR count). The maximum Gasteiger partial charge on any atom is 0.343 e. The van der Waals surface area contributed by atoms with Crippen molar-refractivity contribution in [3.63, 3.8) is 0 Å². The van der Waals surface area contributed by atoms with Crippen LogP contribution in [0.15, 0.2) is 119 Å². The van der Waals surface area contributed by atoms with E-state index in [1.54, 1.807) is 30.3 Å². The van der Waals surface area contributed by atoms with E-state index in [1.165, 1.54) is 42.6 Å². The van der Waals surface area contributed by atoms with Gasteiger partial charge in [-0.2, -0.15) is 5.10 Å². The minimum atomic E-state index is -3.99. The number of halogens is 1. The number of nitrogens with one attached hydrogen (secondary N) is 2. The van der Waals surface area contributed by atoms with E-state index in [4.69, 9.17) is 16.3 Å². The molecule has 0 fully saturated rings. The lowest BCUT2D eigenvalue weighted by atomic mass is 10.0. The summed E-state index contributed by atoms with van der Waals surface area (Å²) in [5.41, 5.74) is 4.44. The predicted octanol–water partition coefficient (Wildman–Crippen LogP) is 6.59. The highest BCUT2D eigenvalue weighted by atomic mass is 35.5. The Bertz CT molecular complexity index is 1920. The molecule has 2 N–H and O–H groups in total. The van der Waals surface area contributed by atoms with Gasteiger partial charge in [-0.05, 0) is 72.3 Å². The van der Waals surface area contributed by atoms with Gasteiger partial charge in [0.2, 0.25) is 0 Å². The average molecular weight is 598 g/mol. The van der Waals surface area contributed by atoms with Crippen molar-refractivity contribution in [1.82, 2.24) is 5.43 Å². The Balaban J connectivity index is 1.39. The molecular weight excluding hydrogens is 574 g/mol. The molecule has 0 unspecified atom stereocenters. The van der Waals surface area contributed by atoms with Crippen LogP contribution in [0.1, 0.15) is 31.8 Å². The van der Waals surface area contributed by atoms with E-state index in [9.17, 15) is 18.0 Å². The number of hydrogen-bond acceptors (Lipinski definition) is 6. The topological polar surface area (TPSA) is 114 Å². The van der Waals surface area contributed by atoms with Gasteiger partial charge in [0.25, 0.3) is 15.9 Å². The molecule has 0 aliphatic heterocycles. The molecule has 0 aliphatic rings. The van der Waals surface area contributed by atoms with Crippen LogP contribution in [0.4, 0.5) is 5.69 Å². The molecule has 5 aromatic carbocycles. The summed E-state index contributed by atoms with van der Waals surface area (Å²) in [5, 5.41) is 6.14. The van der Waals surface area contributed by atoms with Crippen molar-refractivity contribution in [1.29, 1.82) is 0 Å². The van der Waals surface area contributed by atoms with E-state index >= 15 is 0 Å². The molecule has 10 heteroatoms. The van der Waals surface area contributed by atoms with Crippen molar-refractivity contribution in [3.05, 3.63) is 136 Å². The lowest BCUT2D eigenvalue weighted by Crippen LogP contribution is -2.21. The van der Waals surface area contributed by atoms with Crippen LogP contribution in [-0.2, 0) is 10.0 Å². The second kappa shape index (κ2) is 12.3. The van der Waals surface area contributed by atoms with Gasteiger partial charge in [-0.25, -0.2) is 18.6 Å². The van der Waals surface area contributed by atoms with E-state index in [0.717, 1.165) is 16.3 Å². The zero-order valence-corrected chi connectivity index (χ0v) is 23.8. The monoisotopic (exact) mass is 597 g/mol. The summed E-state index contributed by atoms with van der Waals surface area (Å²) in [6.07, 6.45) is 1.39. The first-order valence-corrected chi connectivity index (χ1v) is 14.6. The van der Waals surface area contributed by atoms with Crippen molar-refractivity contribution in [3.8, 4) is 5.75 Å². The standard InChI is InChI=1S/C32H24ClN3O5S/c1-21-10-12-23(13-11-21)32(38)41-30-19-14-22-6-2-3-7-26(22)28(30)20-34-35-31(37)27-8-4-5-9-29(27)36-42(39,40)25-17-15-24(33)16-18-25/h2-20,36H,1H3,(H,35,37)/b34-20-. The predicted molar refractivity (Wildman–Crippen MR) is 164 cm³/mol. The first-order valence-electron chi connectivity index (χ1n) is 12.7. The highest BCUT2D eigenvalue weighted by Crippen LogP contribution is 2.28. The summed E-state index contributed by atoms with van der Waals surface area (Å²) in [6, 6.07) is 29.8. The third-order valence-corrected chi connectivity index (χ3v) is 7.95. The van der Waals surface area contributed by atoms with Crippen molar-refractivity contribution in [2.45, 2.75) is 11.8 Å². The number of esters is 1. The summed E-state index contributed by atoms with van der Waals surface area (Å²) in [7, 11) is -3.99. The molecule has 5 aromatic rings. The van der Waals surface area contributed by atoms with Crippen LogP contribution in [0.5, 0.6) is 5.75 Å². The highest BCUT2D eigenvalue weighted by molar-refractivity contribution is 7.92. The molecule has 210 valence electrons. The Hall–Kier alpha value is -4.99. The molecule has 0 heterocycles. The first kappa shape index (κ1) is 28.5. The Morgan fingerprint density at radius 1 is 0.833 bits per heavy atom. The van der Waals surface area contributed by atoms with Crippen LogP contribution in [0, 0.1) is 6.92 Å². The van der Waals surface area contributed by atoms with Gasteiger partial charge >= 0.3 is 5.97 Å². The quantitative estimate of drug-likeness (QED) is 0.0907. The maximum absolute atomic E-state index is 13.1. The van der Waals surface area contributed by atoms with Gasteiger partial charge in [-0.15, -0.1) is 0 Å². The van der Waals surface area contributed by atoms with E-state index in [2.05, 4.69) is 15.2 Å². The highest BCUT2D eigenvalue weighted by Gasteiger charge is 2.19. The lowest BCUT2D eigenvalue weighted by molar-refractivity contribution is 0.0734. The zero-order valence-electron chi connectivity index (χ0n) is 22.2. The van der Waals surface area contributed by atoms with E-state index in [0.29, 0.717) is 16.1 Å². The van der Waals surface area contributed by atoms with Gasteiger partial charge in [0.05, 0.1) is 27.9 Å². The number of fused-ring (bicyclic) bond motifs is 1. The van der Waals surface area contributed by atoms with Gasteiger partial charge in [0.1, 0.15) is 5.75 Å². The van der Waals surface area contributed by atoms with E-state index in [-0.39, 0.29) is 21.9 Å². The van der Waals surface area contributed by atoms with E-state index in [1.807, 2.05) is 49.4 Å². The fraction of sp³-hybridized carbons (Fsp3) is 0.0312. The number of ether oxygens (including phenoxy) is 1. The number of anilines is 1. The van der Waals surface area contributed by atoms with Crippen LogP contribution in [0.3, 0.4) is 0 Å². The Kier molecular flexibility index (Phi) is 8.33. The SMILES string of the molecule is Cc1ccc(C(=O)Oc2ccc3ccccc3c2/C=N\NC(=O)c2ccccc2NS(=O)(=O)c2ccc(Cl)cc2)cc1. The maximum atomic E-state index is 13.1. The Labute approximate surface area is 247 Å². The molecule has 0 saturated heterocycles. The number of rotatable bonds is 8. The minimum Gasteiger partial charge on any atom is -0.422 e. The van der Waals surface area contributed by atoms with Gasteiger partial charge in [0, 0.05) is 10.6 Å². The third kappa shape index (κ3) is 6.49. The van der Waals surface area contributed by atoms with Gasteiger partial charge in [-0.1, -0.05) is 71.8 Å². The van der Waals surface area contributed by atoms with Crippen LogP contribution in [0.2, 0.25) is 5.02 Å². The van der Waals surface area contributed by atoms with Crippen molar-refractivity contribution in [2.75, 3.05) is 4.72 Å². The Morgan fingerprint density at radius 3 is 2.29 bits per heavy atom. The fourth-order valence-electron chi connectivity index (χ4n) is 4.15. The normalized spacial score (nSPS) is 11.4. The summed E-state index contributed by atoms with van der Waals surface area (Å²) in [4.78, 5) is 25.9. The summed E-state index contributed by atoms with van der Waals surface area (Å²) in [5.74, 6) is -0.932. The van der Waals surface area contributed by atoms with Gasteiger partial charge in [0.15, 0.2) is 0 Å². The van der Waals surface area contributed by atoms with Crippen molar-refractivity contribution >= 4 is 56.2 Å². The Morgan fingerprint density at radius 2 is 1.52 bits per heavy atom. The number of hydrazone groups is 1. The number of para-hydroxylation sites is 1. The second-order valence-electron chi connectivity index (χ2n) is 9.26. The number of sulfonamides is 1. The minimum absolute atomic E-state index is 0.0104. The van der Waals surface area contributed by atoms with Crippen LogP contribution < -0.4 is 14.9 Å². The summed E-state index contributed by atoms with van der Waals surface area (Å²) in [6.45, 7) is 1.92. The van der Waals surface area contributed by atoms with Crippen molar-refractivity contribution < 1.29 is 22.7 Å². The molecule has 0 aromatic heterocycles. The molecule has 0 radical (unpaired) electrons. The van der Waals surface area contributed by atoms with Gasteiger partial charge in [-0.3, -0.25) is 9.52 Å². The number of amides is 1. The van der Waals surface area contributed by atoms with Crippen LogP contribution in [0.25, 0.3) is 10.8 Å². The molecule has 0 spiro atoms. The molecule has 0 bridgehead atoms. The number of nitrogens with zero attached hydrogens (tertiary/aromatic N) is 1. The molecule has 1 amide bonds. The number of carbonyl (C=O) groups is 2.